The Morgan fingerprint density at radius 2 is 1.79 bits per heavy atom. The summed E-state index contributed by atoms with van der Waals surface area (Å²) in [5, 5.41) is 0. The van der Waals surface area contributed by atoms with Crippen LogP contribution >= 0.6 is 0 Å². The van der Waals surface area contributed by atoms with Crippen LogP contribution in [0.1, 0.15) is 37.8 Å². The van der Waals surface area contributed by atoms with Crippen LogP contribution in [0.3, 0.4) is 0 Å². The first-order valence-electron chi connectivity index (χ1n) is 6.16. The fourth-order valence-corrected chi connectivity index (χ4v) is 2.66. The second-order valence-corrected chi connectivity index (χ2v) is 5.72. The molecule has 19 heavy (non-hydrogen) atoms. The van der Waals surface area contributed by atoms with Crippen LogP contribution in [-0.4, -0.2) is 12.6 Å². The summed E-state index contributed by atoms with van der Waals surface area (Å²) in [6.45, 7) is 3.72. The molecule has 0 radical (unpaired) electrons. The number of benzene rings is 1. The van der Waals surface area contributed by atoms with E-state index in [-0.39, 0.29) is 11.2 Å². The van der Waals surface area contributed by atoms with Crippen molar-refractivity contribution in [2.75, 3.05) is 7.11 Å². The van der Waals surface area contributed by atoms with Gasteiger partial charge in [-0.25, -0.2) is 0 Å². The number of halogens is 3. The number of ether oxygens (including phenoxy) is 1. The number of hydrogen-bond acceptors (Lipinski definition) is 2. The van der Waals surface area contributed by atoms with Gasteiger partial charge < -0.3 is 10.5 Å². The number of alkyl halides is 3. The third-order valence-electron chi connectivity index (χ3n) is 4.04. The van der Waals surface area contributed by atoms with Crippen LogP contribution in [0.4, 0.5) is 13.2 Å². The highest BCUT2D eigenvalue weighted by Crippen LogP contribution is 2.55. The molecule has 1 aromatic carbocycles. The van der Waals surface area contributed by atoms with Gasteiger partial charge in [0.2, 0.25) is 0 Å². The zero-order chi connectivity index (χ0) is 14.5. The molecular weight excluding hydrogens is 255 g/mol. The van der Waals surface area contributed by atoms with Crippen molar-refractivity contribution in [3.63, 3.8) is 0 Å². The average molecular weight is 273 g/mol. The van der Waals surface area contributed by atoms with Gasteiger partial charge in [0.1, 0.15) is 5.75 Å². The Balaban J connectivity index is 2.51. The number of nitrogens with two attached hydrogens (primary N) is 1. The molecular formula is C14H18F3NO. The van der Waals surface area contributed by atoms with Crippen LogP contribution in [0.15, 0.2) is 18.2 Å². The number of rotatable bonds is 3. The lowest BCUT2D eigenvalue weighted by Gasteiger charge is -2.32. The molecule has 2 nitrogen and oxygen atoms in total. The molecule has 0 amide bonds. The minimum absolute atomic E-state index is 0.151. The van der Waals surface area contributed by atoms with Crippen molar-refractivity contribution in [2.45, 2.75) is 43.8 Å². The van der Waals surface area contributed by atoms with Gasteiger partial charge in [-0.3, -0.25) is 0 Å². The van der Waals surface area contributed by atoms with E-state index in [9.17, 15) is 13.2 Å². The molecule has 2 N–H and O–H groups in total. The predicted octanol–water partition coefficient (Wildman–Crippen LogP) is 3.48. The van der Waals surface area contributed by atoms with Gasteiger partial charge in [0, 0.05) is 11.0 Å². The highest BCUT2D eigenvalue weighted by atomic mass is 19.4. The molecule has 0 bridgehead atoms. The van der Waals surface area contributed by atoms with E-state index in [2.05, 4.69) is 0 Å². The second-order valence-electron chi connectivity index (χ2n) is 5.72. The molecule has 0 heterocycles. The van der Waals surface area contributed by atoms with Gasteiger partial charge in [0.25, 0.3) is 0 Å². The normalized spacial score (nSPS) is 18.3. The predicted molar refractivity (Wildman–Crippen MR) is 67.2 cm³/mol. The fraction of sp³-hybridized carbons (Fsp3) is 0.571. The maximum atomic E-state index is 13.0. The standard InChI is InChI=1S/C14H18F3NO/c1-12(2,18)13(6-7-13)9-4-5-11(19-3)10(8-9)14(15,16)17/h4-5,8H,6-7,18H2,1-3H3. The monoisotopic (exact) mass is 273 g/mol. The van der Waals surface area contributed by atoms with Crippen molar-refractivity contribution in [3.05, 3.63) is 29.3 Å². The van der Waals surface area contributed by atoms with E-state index in [0.717, 1.165) is 12.8 Å². The molecule has 5 heteroatoms. The molecule has 0 spiro atoms. The summed E-state index contributed by atoms with van der Waals surface area (Å²) in [4.78, 5) is 0. The Hall–Kier alpha value is -1.23. The molecule has 1 saturated carbocycles. The van der Waals surface area contributed by atoms with Crippen molar-refractivity contribution in [2.24, 2.45) is 5.73 Å². The first-order chi connectivity index (χ1) is 8.62. The molecule has 2 rings (SSSR count). The molecule has 1 aromatic rings. The van der Waals surface area contributed by atoms with Crippen LogP contribution in [0, 0.1) is 0 Å². The zero-order valence-electron chi connectivity index (χ0n) is 11.3. The largest absolute Gasteiger partial charge is 0.496 e. The highest BCUT2D eigenvalue weighted by molar-refractivity contribution is 5.45. The number of methoxy groups -OCH3 is 1. The maximum Gasteiger partial charge on any atom is 0.419 e. The molecule has 1 aliphatic carbocycles. The second kappa shape index (κ2) is 4.13. The van der Waals surface area contributed by atoms with E-state index in [1.54, 1.807) is 6.07 Å². The van der Waals surface area contributed by atoms with Gasteiger partial charge in [-0.05, 0) is 44.4 Å². The number of hydrogen-bond donors (Lipinski definition) is 1. The van der Waals surface area contributed by atoms with Gasteiger partial charge in [0.05, 0.1) is 12.7 Å². The summed E-state index contributed by atoms with van der Waals surface area (Å²) in [5.41, 5.74) is 5.15. The van der Waals surface area contributed by atoms with E-state index in [1.165, 1.54) is 19.2 Å². The Morgan fingerprint density at radius 1 is 1.21 bits per heavy atom. The zero-order valence-corrected chi connectivity index (χ0v) is 11.3. The summed E-state index contributed by atoms with van der Waals surface area (Å²) in [7, 11) is 1.24. The smallest absolute Gasteiger partial charge is 0.419 e. The van der Waals surface area contributed by atoms with Gasteiger partial charge in [-0.1, -0.05) is 6.07 Å². The summed E-state index contributed by atoms with van der Waals surface area (Å²) in [6.07, 6.45) is -2.78. The van der Waals surface area contributed by atoms with E-state index in [1.807, 2.05) is 13.8 Å². The Morgan fingerprint density at radius 3 is 2.16 bits per heavy atom. The van der Waals surface area contributed by atoms with Crippen molar-refractivity contribution < 1.29 is 17.9 Å². The van der Waals surface area contributed by atoms with E-state index in [4.69, 9.17) is 10.5 Å². The van der Waals surface area contributed by atoms with Gasteiger partial charge in [-0.2, -0.15) is 13.2 Å². The van der Waals surface area contributed by atoms with E-state index < -0.39 is 17.3 Å². The minimum atomic E-state index is -4.42. The van der Waals surface area contributed by atoms with E-state index in [0.29, 0.717) is 5.56 Å². The third-order valence-corrected chi connectivity index (χ3v) is 4.04. The maximum absolute atomic E-state index is 13.0. The van der Waals surface area contributed by atoms with Crippen LogP contribution in [-0.2, 0) is 11.6 Å². The topological polar surface area (TPSA) is 35.2 Å². The Labute approximate surface area is 110 Å². The lowest BCUT2D eigenvalue weighted by molar-refractivity contribution is -0.138. The first-order valence-corrected chi connectivity index (χ1v) is 6.16. The lowest BCUT2D eigenvalue weighted by atomic mass is 9.79. The first kappa shape index (κ1) is 14.2. The summed E-state index contributed by atoms with van der Waals surface area (Å²) in [5.74, 6) is -0.151. The molecule has 0 atom stereocenters. The molecule has 0 unspecified atom stereocenters. The van der Waals surface area contributed by atoms with Gasteiger partial charge in [0.15, 0.2) is 0 Å². The summed E-state index contributed by atoms with van der Waals surface area (Å²) < 4.78 is 43.8. The van der Waals surface area contributed by atoms with Crippen molar-refractivity contribution in [1.82, 2.24) is 0 Å². The average Bonchev–Trinajstić information content (AvgIpc) is 3.07. The van der Waals surface area contributed by atoms with Crippen LogP contribution in [0.5, 0.6) is 5.75 Å². The lowest BCUT2D eigenvalue weighted by Crippen LogP contribution is -2.45. The SMILES string of the molecule is COc1ccc(C2(C(C)(C)N)CC2)cc1C(F)(F)F. The van der Waals surface area contributed by atoms with Crippen molar-refractivity contribution >= 4 is 0 Å². The van der Waals surface area contributed by atoms with Crippen LogP contribution in [0.25, 0.3) is 0 Å². The summed E-state index contributed by atoms with van der Waals surface area (Å²) >= 11 is 0. The highest BCUT2D eigenvalue weighted by Gasteiger charge is 2.54. The van der Waals surface area contributed by atoms with Gasteiger partial charge in [-0.15, -0.1) is 0 Å². The fourth-order valence-electron chi connectivity index (χ4n) is 2.66. The molecule has 1 fully saturated rings. The Bertz CT molecular complexity index is 484. The van der Waals surface area contributed by atoms with E-state index >= 15 is 0 Å². The van der Waals surface area contributed by atoms with Crippen LogP contribution < -0.4 is 10.5 Å². The van der Waals surface area contributed by atoms with Crippen molar-refractivity contribution in [1.29, 1.82) is 0 Å². The third kappa shape index (κ3) is 2.31. The molecule has 1 aliphatic rings. The molecule has 106 valence electrons. The van der Waals surface area contributed by atoms with Crippen molar-refractivity contribution in [3.8, 4) is 5.75 Å². The minimum Gasteiger partial charge on any atom is -0.496 e. The molecule has 0 aromatic heterocycles. The molecule has 0 saturated heterocycles. The quantitative estimate of drug-likeness (QED) is 0.915. The molecule has 0 aliphatic heterocycles. The Kier molecular flexibility index (Phi) is 3.08. The van der Waals surface area contributed by atoms with Crippen LogP contribution in [0.2, 0.25) is 0 Å². The summed E-state index contributed by atoms with van der Waals surface area (Å²) in [6, 6.07) is 4.25. The van der Waals surface area contributed by atoms with Gasteiger partial charge >= 0.3 is 6.18 Å².